The third kappa shape index (κ3) is 3.93. The summed E-state index contributed by atoms with van der Waals surface area (Å²) >= 11 is 0. The Hall–Kier alpha value is -3.78. The topological polar surface area (TPSA) is 71.7 Å². The van der Waals surface area contributed by atoms with E-state index in [0.717, 1.165) is 31.0 Å². The van der Waals surface area contributed by atoms with E-state index in [9.17, 15) is 28.2 Å². The molecule has 5 nitrogen and oxygen atoms in total. The number of hydrogen-bond acceptors (Lipinski definition) is 3. The molecule has 0 amide bonds. The van der Waals surface area contributed by atoms with Gasteiger partial charge in [-0.25, -0.2) is 18.0 Å². The molecular weight excluding hydrogens is 459 g/mol. The molecule has 1 aliphatic heterocycles. The van der Waals surface area contributed by atoms with Crippen LogP contribution in [0.4, 0.5) is 13.2 Å². The lowest BCUT2D eigenvalue weighted by Crippen LogP contribution is -2.19. The number of carboxylic acids is 1. The number of aryl methyl sites for hydroxylation is 1. The molecule has 35 heavy (non-hydrogen) atoms. The van der Waals surface area contributed by atoms with Crippen LogP contribution in [0.5, 0.6) is 5.75 Å². The molecule has 2 N–H and O–H groups in total. The Labute approximate surface area is 199 Å². The lowest BCUT2D eigenvalue weighted by molar-refractivity contribution is 0.0696. The molecule has 1 atom stereocenters. The Bertz CT molecular complexity index is 1470. The van der Waals surface area contributed by atoms with Crippen molar-refractivity contribution in [3.63, 3.8) is 0 Å². The second-order valence-corrected chi connectivity index (χ2v) is 8.76. The van der Waals surface area contributed by atoms with Crippen LogP contribution in [0.25, 0.3) is 27.7 Å². The summed E-state index contributed by atoms with van der Waals surface area (Å²) in [7, 11) is 0. The van der Waals surface area contributed by atoms with Crippen LogP contribution in [0.3, 0.4) is 0 Å². The highest BCUT2D eigenvalue weighted by Gasteiger charge is 2.30. The van der Waals surface area contributed by atoms with E-state index in [4.69, 9.17) is 4.74 Å². The van der Waals surface area contributed by atoms with Gasteiger partial charge < -0.3 is 19.5 Å². The van der Waals surface area contributed by atoms with Crippen LogP contribution in [0.1, 0.15) is 40.4 Å². The maximum absolute atomic E-state index is 14.5. The summed E-state index contributed by atoms with van der Waals surface area (Å²) in [6.07, 6.45) is 1.49. The standard InChI is InChI=1S/C27H22F3NO4/c1-14-9-15(4-6-19(14)27(33)34)24-25-22(10-17(28)11-23(25)32)31(18-5-7-20(29)21(30)12-18)26(24)16-3-2-8-35-13-16/h4-7,9-12,16,32H,2-3,8,13H2,1H3,(H,33,34)/t16-/m1/s1. The molecular formula is C27H22F3NO4. The number of phenols is 1. The molecule has 0 aliphatic carbocycles. The van der Waals surface area contributed by atoms with Crippen molar-refractivity contribution in [2.45, 2.75) is 25.7 Å². The van der Waals surface area contributed by atoms with Crippen LogP contribution in [-0.2, 0) is 4.74 Å². The van der Waals surface area contributed by atoms with Gasteiger partial charge in [-0.05, 0) is 55.2 Å². The first-order valence-corrected chi connectivity index (χ1v) is 11.2. The SMILES string of the molecule is Cc1cc(-c2c([C@@H]3CCCOC3)n(-c3ccc(F)c(F)c3)c3cc(F)cc(O)c23)ccc1C(=O)O. The second-order valence-electron chi connectivity index (χ2n) is 8.76. The number of rotatable bonds is 4. The van der Waals surface area contributed by atoms with Gasteiger partial charge in [-0.1, -0.05) is 12.1 Å². The molecule has 1 aliphatic rings. The smallest absolute Gasteiger partial charge is 0.335 e. The average molecular weight is 481 g/mol. The highest BCUT2D eigenvalue weighted by molar-refractivity contribution is 6.04. The molecule has 0 unspecified atom stereocenters. The minimum atomic E-state index is -1.07. The zero-order valence-corrected chi connectivity index (χ0v) is 18.8. The van der Waals surface area contributed by atoms with Gasteiger partial charge in [-0.2, -0.15) is 0 Å². The molecule has 180 valence electrons. The third-order valence-electron chi connectivity index (χ3n) is 6.50. The number of aromatic carboxylic acids is 1. The van der Waals surface area contributed by atoms with E-state index in [2.05, 4.69) is 0 Å². The van der Waals surface area contributed by atoms with E-state index < -0.39 is 23.4 Å². The molecule has 1 fully saturated rings. The van der Waals surface area contributed by atoms with Crippen molar-refractivity contribution in [2.24, 2.45) is 0 Å². The number of nitrogens with zero attached hydrogens (tertiary/aromatic N) is 1. The fourth-order valence-electron chi connectivity index (χ4n) is 4.98. The van der Waals surface area contributed by atoms with E-state index in [-0.39, 0.29) is 28.4 Å². The molecule has 0 spiro atoms. The molecule has 2 heterocycles. The Morgan fingerprint density at radius 1 is 1.06 bits per heavy atom. The number of ether oxygens (including phenoxy) is 1. The van der Waals surface area contributed by atoms with E-state index >= 15 is 0 Å². The maximum Gasteiger partial charge on any atom is 0.335 e. The summed E-state index contributed by atoms with van der Waals surface area (Å²) in [5.41, 5.74) is 3.02. The third-order valence-corrected chi connectivity index (χ3v) is 6.50. The fraction of sp³-hybridized carbons (Fsp3) is 0.222. The van der Waals surface area contributed by atoms with Gasteiger partial charge in [-0.15, -0.1) is 0 Å². The number of aromatic hydroxyl groups is 1. The Morgan fingerprint density at radius 2 is 1.86 bits per heavy atom. The zero-order valence-electron chi connectivity index (χ0n) is 18.8. The quantitative estimate of drug-likeness (QED) is 0.358. The summed E-state index contributed by atoms with van der Waals surface area (Å²) in [6.45, 7) is 2.61. The molecule has 0 radical (unpaired) electrons. The molecule has 1 aromatic heterocycles. The number of carbonyl (C=O) groups is 1. The van der Waals surface area contributed by atoms with Gasteiger partial charge in [0.25, 0.3) is 0 Å². The van der Waals surface area contributed by atoms with Crippen LogP contribution < -0.4 is 0 Å². The van der Waals surface area contributed by atoms with Gasteiger partial charge in [0.05, 0.1) is 23.1 Å². The van der Waals surface area contributed by atoms with Crippen molar-refractivity contribution >= 4 is 16.9 Å². The Kier molecular flexibility index (Phi) is 5.76. The Balaban J connectivity index is 1.91. The van der Waals surface area contributed by atoms with Gasteiger partial charge in [0.15, 0.2) is 11.6 Å². The molecule has 4 aromatic rings. The summed E-state index contributed by atoms with van der Waals surface area (Å²) in [5, 5.41) is 20.7. The number of carboxylic acid groups (broad SMARTS) is 1. The first-order valence-electron chi connectivity index (χ1n) is 11.2. The number of fused-ring (bicyclic) bond motifs is 1. The average Bonchev–Trinajstić information content (AvgIpc) is 3.16. The maximum atomic E-state index is 14.5. The number of benzene rings is 3. The molecule has 3 aromatic carbocycles. The van der Waals surface area contributed by atoms with Crippen molar-refractivity contribution in [3.8, 4) is 22.6 Å². The van der Waals surface area contributed by atoms with Gasteiger partial charge in [0.2, 0.25) is 0 Å². The zero-order chi connectivity index (χ0) is 24.9. The van der Waals surface area contributed by atoms with E-state index in [1.165, 1.54) is 18.2 Å². The predicted molar refractivity (Wildman–Crippen MR) is 125 cm³/mol. The lowest BCUT2D eigenvalue weighted by atomic mass is 9.90. The van der Waals surface area contributed by atoms with Crippen LogP contribution in [0.2, 0.25) is 0 Å². The van der Waals surface area contributed by atoms with Crippen molar-refractivity contribution < 1.29 is 32.9 Å². The predicted octanol–water partition coefficient (Wildman–Crippen LogP) is 6.32. The molecule has 8 heteroatoms. The summed E-state index contributed by atoms with van der Waals surface area (Å²) < 4.78 is 50.0. The monoisotopic (exact) mass is 481 g/mol. The largest absolute Gasteiger partial charge is 0.507 e. The van der Waals surface area contributed by atoms with Crippen LogP contribution in [0, 0.1) is 24.4 Å². The molecule has 5 rings (SSSR count). The van der Waals surface area contributed by atoms with Crippen LogP contribution >= 0.6 is 0 Å². The fourth-order valence-corrected chi connectivity index (χ4v) is 4.98. The number of phenolic OH excluding ortho intramolecular Hbond substituents is 1. The van der Waals surface area contributed by atoms with E-state index in [1.807, 2.05) is 0 Å². The minimum Gasteiger partial charge on any atom is -0.507 e. The van der Waals surface area contributed by atoms with Crippen molar-refractivity contribution in [3.05, 3.63) is 82.8 Å². The molecule has 1 saturated heterocycles. The van der Waals surface area contributed by atoms with Gasteiger partial charge in [0.1, 0.15) is 11.6 Å². The van der Waals surface area contributed by atoms with Crippen molar-refractivity contribution in [1.82, 2.24) is 4.57 Å². The van der Waals surface area contributed by atoms with Crippen molar-refractivity contribution in [1.29, 1.82) is 0 Å². The van der Waals surface area contributed by atoms with Gasteiger partial charge in [-0.3, -0.25) is 0 Å². The number of halogens is 3. The molecule has 0 saturated carbocycles. The highest BCUT2D eigenvalue weighted by atomic mass is 19.2. The van der Waals surface area contributed by atoms with Crippen molar-refractivity contribution in [2.75, 3.05) is 13.2 Å². The lowest BCUT2D eigenvalue weighted by Gasteiger charge is -2.26. The molecule has 0 bridgehead atoms. The summed E-state index contributed by atoms with van der Waals surface area (Å²) in [4.78, 5) is 11.6. The first-order chi connectivity index (χ1) is 16.8. The summed E-state index contributed by atoms with van der Waals surface area (Å²) in [5.74, 6) is -4.33. The van der Waals surface area contributed by atoms with Crippen LogP contribution in [-0.4, -0.2) is 34.0 Å². The van der Waals surface area contributed by atoms with E-state index in [1.54, 1.807) is 23.6 Å². The summed E-state index contributed by atoms with van der Waals surface area (Å²) in [6, 6.07) is 10.5. The number of aromatic nitrogens is 1. The second kappa shape index (κ2) is 8.78. The van der Waals surface area contributed by atoms with Gasteiger partial charge >= 0.3 is 5.97 Å². The van der Waals surface area contributed by atoms with E-state index in [0.29, 0.717) is 41.0 Å². The number of hydrogen-bond donors (Lipinski definition) is 2. The Morgan fingerprint density at radius 3 is 2.51 bits per heavy atom. The van der Waals surface area contributed by atoms with Crippen LogP contribution in [0.15, 0.2) is 48.5 Å². The first kappa shape index (κ1) is 23.0. The normalized spacial score (nSPS) is 16.1. The van der Waals surface area contributed by atoms with Gasteiger partial charge in [0, 0.05) is 41.6 Å². The highest BCUT2D eigenvalue weighted by Crippen LogP contribution is 2.46. The minimum absolute atomic E-state index is 0.135.